The molecule has 0 aliphatic rings. The molecule has 0 saturated carbocycles. The van der Waals surface area contributed by atoms with E-state index >= 15 is 0 Å². The molecule has 1 amide bonds. The number of hydrogen-bond acceptors (Lipinski definition) is 3. The Labute approximate surface area is 149 Å². The van der Waals surface area contributed by atoms with E-state index in [1.807, 2.05) is 63.2 Å². The monoisotopic (exact) mass is 339 g/mol. The Kier molecular flexibility index (Phi) is 5.97. The third-order valence-electron chi connectivity index (χ3n) is 4.53. The predicted octanol–water partition coefficient (Wildman–Crippen LogP) is 3.72. The van der Waals surface area contributed by atoms with Gasteiger partial charge in [0.15, 0.2) is 12.4 Å². The fourth-order valence-electron chi connectivity index (χ4n) is 2.41. The molecule has 0 heterocycles. The lowest BCUT2D eigenvalue weighted by molar-refractivity contribution is -0.133. The van der Waals surface area contributed by atoms with Crippen LogP contribution >= 0.6 is 0 Å². The molecule has 0 N–H and O–H groups in total. The third-order valence-corrected chi connectivity index (χ3v) is 4.53. The van der Waals surface area contributed by atoms with Crippen molar-refractivity contribution in [1.82, 2.24) is 4.90 Å². The number of ketones is 1. The maximum Gasteiger partial charge on any atom is 0.260 e. The van der Waals surface area contributed by atoms with E-state index in [-0.39, 0.29) is 18.3 Å². The molecule has 1 atom stereocenters. The van der Waals surface area contributed by atoms with Crippen molar-refractivity contribution < 1.29 is 14.3 Å². The predicted molar refractivity (Wildman–Crippen MR) is 99.2 cm³/mol. The molecule has 4 nitrogen and oxygen atoms in total. The first-order valence-electron chi connectivity index (χ1n) is 8.36. The summed E-state index contributed by atoms with van der Waals surface area (Å²) in [5.74, 6) is 0.333. The Morgan fingerprint density at radius 1 is 1.00 bits per heavy atom. The van der Waals surface area contributed by atoms with Crippen molar-refractivity contribution in [3.63, 3.8) is 0 Å². The van der Waals surface area contributed by atoms with E-state index in [9.17, 15) is 9.59 Å². The number of benzene rings is 2. The largest absolute Gasteiger partial charge is 0.484 e. The first-order valence-corrected chi connectivity index (χ1v) is 8.36. The summed E-state index contributed by atoms with van der Waals surface area (Å²) in [6.45, 7) is 7.61. The van der Waals surface area contributed by atoms with Crippen molar-refractivity contribution >= 4 is 11.7 Å². The molecule has 0 spiro atoms. The van der Waals surface area contributed by atoms with E-state index < -0.39 is 6.04 Å². The normalized spacial score (nSPS) is 11.7. The van der Waals surface area contributed by atoms with E-state index in [1.165, 1.54) is 4.90 Å². The van der Waals surface area contributed by atoms with Crippen LogP contribution in [0.2, 0.25) is 0 Å². The van der Waals surface area contributed by atoms with Crippen molar-refractivity contribution in [3.05, 3.63) is 64.7 Å². The van der Waals surface area contributed by atoms with Crippen LogP contribution in [-0.4, -0.2) is 36.3 Å². The fraction of sp³-hybridized carbons (Fsp3) is 0.333. The Morgan fingerprint density at radius 3 is 2.24 bits per heavy atom. The van der Waals surface area contributed by atoms with Gasteiger partial charge in [-0.2, -0.15) is 0 Å². The zero-order valence-electron chi connectivity index (χ0n) is 15.5. The molecule has 25 heavy (non-hydrogen) atoms. The van der Waals surface area contributed by atoms with Crippen LogP contribution in [0.4, 0.5) is 0 Å². The molecule has 0 fully saturated rings. The number of rotatable bonds is 6. The van der Waals surface area contributed by atoms with Crippen molar-refractivity contribution in [2.24, 2.45) is 0 Å². The second kappa shape index (κ2) is 7.97. The number of amides is 1. The molecule has 2 aromatic carbocycles. The van der Waals surface area contributed by atoms with Gasteiger partial charge in [0, 0.05) is 12.6 Å². The minimum Gasteiger partial charge on any atom is -0.484 e. The molecule has 0 bridgehead atoms. The van der Waals surface area contributed by atoms with Crippen LogP contribution in [0.25, 0.3) is 0 Å². The minimum atomic E-state index is -0.545. The molecule has 0 aliphatic carbocycles. The van der Waals surface area contributed by atoms with Gasteiger partial charge in [0.1, 0.15) is 5.75 Å². The van der Waals surface area contributed by atoms with Gasteiger partial charge in [-0.15, -0.1) is 0 Å². The molecular formula is C21H25NO3. The van der Waals surface area contributed by atoms with Gasteiger partial charge in [-0.25, -0.2) is 0 Å². The molecule has 2 aromatic rings. The number of likely N-dealkylation sites (N-methyl/N-ethyl adjacent to an activating group) is 1. The molecule has 4 heteroatoms. The number of carbonyl (C=O) groups excluding carboxylic acids is 2. The van der Waals surface area contributed by atoms with Gasteiger partial charge in [-0.3, -0.25) is 9.59 Å². The molecule has 0 aliphatic heterocycles. The summed E-state index contributed by atoms with van der Waals surface area (Å²) in [4.78, 5) is 26.4. The Morgan fingerprint density at radius 2 is 1.64 bits per heavy atom. The highest BCUT2D eigenvalue weighted by molar-refractivity contribution is 6.01. The molecule has 0 aromatic heterocycles. The van der Waals surface area contributed by atoms with Crippen LogP contribution in [0.15, 0.2) is 42.5 Å². The minimum absolute atomic E-state index is 0.0747. The average molecular weight is 339 g/mol. The second-order valence-corrected chi connectivity index (χ2v) is 6.45. The van der Waals surface area contributed by atoms with Gasteiger partial charge in [-0.05, 0) is 57.0 Å². The summed E-state index contributed by atoms with van der Waals surface area (Å²) < 4.78 is 5.51. The quantitative estimate of drug-likeness (QED) is 0.754. The van der Waals surface area contributed by atoms with Crippen LogP contribution in [0.3, 0.4) is 0 Å². The number of hydrogen-bond donors (Lipinski definition) is 0. The van der Waals surface area contributed by atoms with Crippen molar-refractivity contribution in [2.45, 2.75) is 33.7 Å². The topological polar surface area (TPSA) is 46.6 Å². The lowest BCUT2D eigenvalue weighted by Gasteiger charge is -2.24. The highest BCUT2D eigenvalue weighted by Crippen LogP contribution is 2.15. The lowest BCUT2D eigenvalue weighted by Crippen LogP contribution is -2.42. The molecule has 1 unspecified atom stereocenters. The van der Waals surface area contributed by atoms with Crippen molar-refractivity contribution in [1.29, 1.82) is 0 Å². The smallest absolute Gasteiger partial charge is 0.260 e. The summed E-state index contributed by atoms with van der Waals surface area (Å²) >= 11 is 0. The van der Waals surface area contributed by atoms with Crippen LogP contribution in [0.5, 0.6) is 5.75 Å². The van der Waals surface area contributed by atoms with E-state index in [4.69, 9.17) is 4.74 Å². The summed E-state index contributed by atoms with van der Waals surface area (Å²) in [5, 5.41) is 0. The van der Waals surface area contributed by atoms with E-state index in [2.05, 4.69) is 0 Å². The Balaban J connectivity index is 1.98. The van der Waals surface area contributed by atoms with Crippen molar-refractivity contribution in [2.75, 3.05) is 13.7 Å². The SMILES string of the molecule is Cc1ccc(OCC(=O)N(C)C(C)C(=O)c2ccc(C)c(C)c2)cc1. The zero-order valence-corrected chi connectivity index (χ0v) is 15.5. The highest BCUT2D eigenvalue weighted by Gasteiger charge is 2.24. The standard InChI is InChI=1S/C21H25NO3/c1-14-6-10-19(11-7-14)25-13-20(23)22(5)17(4)21(24)18-9-8-15(2)16(3)12-18/h6-12,17H,13H2,1-5H3. The van der Waals surface area contributed by atoms with E-state index in [0.29, 0.717) is 11.3 Å². The van der Waals surface area contributed by atoms with Gasteiger partial charge >= 0.3 is 0 Å². The van der Waals surface area contributed by atoms with Crippen LogP contribution in [-0.2, 0) is 4.79 Å². The molecule has 0 saturated heterocycles. The summed E-state index contributed by atoms with van der Waals surface area (Å²) in [6.07, 6.45) is 0. The van der Waals surface area contributed by atoms with Gasteiger partial charge in [0.2, 0.25) is 0 Å². The zero-order chi connectivity index (χ0) is 18.6. The van der Waals surface area contributed by atoms with E-state index in [0.717, 1.165) is 16.7 Å². The lowest BCUT2D eigenvalue weighted by atomic mass is 10.00. The van der Waals surface area contributed by atoms with Crippen LogP contribution in [0, 0.1) is 20.8 Å². The second-order valence-electron chi connectivity index (χ2n) is 6.45. The number of aryl methyl sites for hydroxylation is 3. The first kappa shape index (κ1) is 18.7. The number of Topliss-reactive ketones (excluding diaryl/α,β-unsaturated/α-hetero) is 1. The fourth-order valence-corrected chi connectivity index (χ4v) is 2.41. The summed E-state index contributed by atoms with van der Waals surface area (Å²) in [5.41, 5.74) is 3.95. The maximum atomic E-state index is 12.6. The molecule has 2 rings (SSSR count). The molecule has 132 valence electrons. The van der Waals surface area contributed by atoms with Gasteiger partial charge < -0.3 is 9.64 Å². The van der Waals surface area contributed by atoms with Gasteiger partial charge in [0.25, 0.3) is 5.91 Å². The van der Waals surface area contributed by atoms with Gasteiger partial charge in [-0.1, -0.05) is 29.8 Å². The summed E-state index contributed by atoms with van der Waals surface area (Å²) in [7, 11) is 1.63. The average Bonchev–Trinajstić information content (AvgIpc) is 2.61. The third kappa shape index (κ3) is 4.69. The molecule has 0 radical (unpaired) electrons. The highest BCUT2D eigenvalue weighted by atomic mass is 16.5. The maximum absolute atomic E-state index is 12.6. The Bertz CT molecular complexity index is 765. The van der Waals surface area contributed by atoms with Crippen LogP contribution < -0.4 is 4.74 Å². The number of nitrogens with zero attached hydrogens (tertiary/aromatic N) is 1. The summed E-state index contributed by atoms with van der Waals surface area (Å²) in [6, 6.07) is 12.6. The number of carbonyl (C=O) groups is 2. The van der Waals surface area contributed by atoms with E-state index in [1.54, 1.807) is 14.0 Å². The van der Waals surface area contributed by atoms with Gasteiger partial charge in [0.05, 0.1) is 6.04 Å². The number of ether oxygens (including phenoxy) is 1. The molecular weight excluding hydrogens is 314 g/mol. The van der Waals surface area contributed by atoms with Crippen LogP contribution in [0.1, 0.15) is 34.0 Å². The Hall–Kier alpha value is -2.62. The first-order chi connectivity index (χ1) is 11.8. The van der Waals surface area contributed by atoms with Crippen molar-refractivity contribution in [3.8, 4) is 5.75 Å².